The second kappa shape index (κ2) is 8.53. The minimum atomic E-state index is -1.04. The molecule has 4 N–H and O–H groups in total. The van der Waals surface area contributed by atoms with Gasteiger partial charge < -0.3 is 25.6 Å². The zero-order valence-electron chi connectivity index (χ0n) is 21.9. The maximum atomic E-state index is 13.4. The predicted molar refractivity (Wildman–Crippen MR) is 141 cm³/mol. The first-order valence-corrected chi connectivity index (χ1v) is 13.9. The van der Waals surface area contributed by atoms with Gasteiger partial charge in [-0.3, -0.25) is 14.5 Å². The Morgan fingerprint density at radius 1 is 1.10 bits per heavy atom. The molecule has 3 fully saturated rings. The Morgan fingerprint density at radius 3 is 2.54 bits per heavy atom. The van der Waals surface area contributed by atoms with E-state index in [-0.39, 0.29) is 18.0 Å². The normalized spacial score (nSPS) is 32.1. The summed E-state index contributed by atoms with van der Waals surface area (Å²) in [7, 11) is 1.31. The third-order valence-electron chi connectivity index (χ3n) is 9.93. The van der Waals surface area contributed by atoms with Crippen LogP contribution in [-0.2, 0) is 16.6 Å². The van der Waals surface area contributed by atoms with Gasteiger partial charge in [-0.15, -0.1) is 0 Å². The number of likely N-dealkylation sites (tertiary alicyclic amines) is 1. The molecule has 0 unspecified atom stereocenters. The number of ether oxygens (including phenoxy) is 2. The molecule has 1 spiro atoms. The van der Waals surface area contributed by atoms with Crippen LogP contribution in [0.2, 0.25) is 0 Å². The number of nitrogens with zero attached hydrogens (tertiary/aromatic N) is 1. The highest BCUT2D eigenvalue weighted by molar-refractivity contribution is 5.98. The van der Waals surface area contributed by atoms with E-state index in [0.717, 1.165) is 24.2 Å². The SMILES string of the molecule is COC(=O)c1ccc(C(=O)N[C@@H]2CC[C@@]3(O)[C@H]4Cc5ccc(C(N)=O)c6c5[C@@]3(CCN4CC3CC3)[C@H]2O6)cc1. The largest absolute Gasteiger partial charge is 0.486 e. The van der Waals surface area contributed by atoms with E-state index >= 15 is 0 Å². The van der Waals surface area contributed by atoms with Gasteiger partial charge in [0.25, 0.3) is 11.8 Å². The molecule has 1 saturated heterocycles. The van der Waals surface area contributed by atoms with Crippen molar-refractivity contribution in [1.82, 2.24) is 10.2 Å². The number of nitrogens with one attached hydrogen (secondary N) is 1. The molecule has 5 aliphatic rings. The number of benzene rings is 2. The molecule has 9 heteroatoms. The minimum Gasteiger partial charge on any atom is -0.486 e. The van der Waals surface area contributed by atoms with Gasteiger partial charge in [-0.25, -0.2) is 4.79 Å². The van der Waals surface area contributed by atoms with E-state index < -0.39 is 29.0 Å². The summed E-state index contributed by atoms with van der Waals surface area (Å²) >= 11 is 0. The molecule has 7 rings (SSSR count). The van der Waals surface area contributed by atoms with E-state index in [1.165, 1.54) is 20.0 Å². The van der Waals surface area contributed by atoms with E-state index in [2.05, 4.69) is 10.2 Å². The summed E-state index contributed by atoms with van der Waals surface area (Å²) < 4.78 is 11.4. The van der Waals surface area contributed by atoms with Crippen molar-refractivity contribution < 1.29 is 29.0 Å². The molecule has 204 valence electrons. The van der Waals surface area contributed by atoms with Gasteiger partial charge >= 0.3 is 5.97 Å². The van der Waals surface area contributed by atoms with Gasteiger partial charge in [0.1, 0.15) is 11.9 Å². The molecule has 2 aliphatic heterocycles. The quantitative estimate of drug-likeness (QED) is 0.486. The van der Waals surface area contributed by atoms with E-state index in [1.54, 1.807) is 30.3 Å². The molecule has 2 aromatic rings. The number of esters is 1. The van der Waals surface area contributed by atoms with Crippen LogP contribution in [0.5, 0.6) is 5.75 Å². The summed E-state index contributed by atoms with van der Waals surface area (Å²) in [6, 6.07) is 9.61. The highest BCUT2D eigenvalue weighted by Crippen LogP contribution is 2.64. The number of aliphatic hydroxyl groups is 1. The average molecular weight is 532 g/mol. The number of amides is 2. The summed E-state index contributed by atoms with van der Waals surface area (Å²) in [4.78, 5) is 40.1. The minimum absolute atomic E-state index is 0.0432. The Morgan fingerprint density at radius 2 is 1.85 bits per heavy atom. The monoisotopic (exact) mass is 531 g/mol. The molecule has 2 amide bonds. The number of methoxy groups -OCH3 is 1. The van der Waals surface area contributed by atoms with Gasteiger partial charge in [0, 0.05) is 23.7 Å². The number of nitrogens with two attached hydrogens (primary N) is 1. The Labute approximate surface area is 226 Å². The molecule has 2 bridgehead atoms. The van der Waals surface area contributed by atoms with Crippen LogP contribution in [0.4, 0.5) is 0 Å². The summed E-state index contributed by atoms with van der Waals surface area (Å²) in [5.41, 5.74) is 7.09. The lowest BCUT2D eigenvalue weighted by Gasteiger charge is -2.64. The molecule has 0 aromatic heterocycles. The number of piperidine rings is 1. The molecular weight excluding hydrogens is 498 g/mol. The maximum absolute atomic E-state index is 13.4. The van der Waals surface area contributed by atoms with Crippen LogP contribution in [-0.4, -0.2) is 71.8 Å². The number of hydrogen-bond donors (Lipinski definition) is 3. The summed E-state index contributed by atoms with van der Waals surface area (Å²) in [5.74, 6) is -0.141. The van der Waals surface area contributed by atoms with Crippen molar-refractivity contribution in [1.29, 1.82) is 0 Å². The molecule has 3 aliphatic carbocycles. The first kappa shape index (κ1) is 24.6. The molecule has 5 atom stereocenters. The lowest BCUT2D eigenvalue weighted by atomic mass is 9.48. The van der Waals surface area contributed by atoms with Gasteiger partial charge in [0.05, 0.1) is 35.3 Å². The Hall–Kier alpha value is -3.43. The number of hydrogen-bond acceptors (Lipinski definition) is 7. The molecule has 2 heterocycles. The standard InChI is InChI=1S/C30H33N3O6/c1-38-28(36)18-6-4-17(5-7-18)27(35)32-21-10-11-30(37)22-14-19-8-9-20(26(31)34)24-23(19)29(30,25(21)39-24)12-13-33(22)15-16-2-3-16/h4-9,16,21-22,25,37H,2-3,10-15H2,1H3,(H2,31,34)(H,32,35)/t21-,22-,25+,29+,30-/m1/s1. The zero-order valence-corrected chi connectivity index (χ0v) is 21.9. The van der Waals surface area contributed by atoms with Crippen molar-refractivity contribution in [3.05, 3.63) is 64.2 Å². The first-order valence-electron chi connectivity index (χ1n) is 13.9. The van der Waals surface area contributed by atoms with Crippen LogP contribution >= 0.6 is 0 Å². The molecule has 2 aromatic carbocycles. The third kappa shape index (κ3) is 3.42. The highest BCUT2D eigenvalue weighted by atomic mass is 16.5. The van der Waals surface area contributed by atoms with Gasteiger partial charge in [-0.05, 0) is 86.9 Å². The van der Waals surface area contributed by atoms with Crippen molar-refractivity contribution in [2.45, 2.75) is 67.7 Å². The fourth-order valence-electron chi connectivity index (χ4n) is 7.96. The van der Waals surface area contributed by atoms with E-state index in [9.17, 15) is 19.5 Å². The van der Waals surface area contributed by atoms with E-state index in [4.69, 9.17) is 15.2 Å². The number of rotatable bonds is 6. The first-order chi connectivity index (χ1) is 18.8. The van der Waals surface area contributed by atoms with Crippen LogP contribution in [0.3, 0.4) is 0 Å². The van der Waals surface area contributed by atoms with E-state index in [1.807, 2.05) is 6.07 Å². The summed E-state index contributed by atoms with van der Waals surface area (Å²) in [6.07, 6.45) is 4.40. The van der Waals surface area contributed by atoms with E-state index in [0.29, 0.717) is 54.0 Å². The van der Waals surface area contributed by atoms with Crippen LogP contribution in [0, 0.1) is 5.92 Å². The molecule has 9 nitrogen and oxygen atoms in total. The van der Waals surface area contributed by atoms with Crippen molar-refractivity contribution in [3.63, 3.8) is 0 Å². The van der Waals surface area contributed by atoms with Crippen LogP contribution in [0.25, 0.3) is 0 Å². The van der Waals surface area contributed by atoms with Gasteiger partial charge in [-0.1, -0.05) is 6.07 Å². The number of primary amides is 1. The topological polar surface area (TPSA) is 131 Å². The summed E-state index contributed by atoms with van der Waals surface area (Å²) in [5, 5.41) is 15.8. The van der Waals surface area contributed by atoms with Crippen molar-refractivity contribution in [2.75, 3.05) is 20.2 Å². The lowest BCUT2D eigenvalue weighted by molar-refractivity contribution is -0.191. The number of carbonyl (C=O) groups is 3. The van der Waals surface area contributed by atoms with Gasteiger partial charge in [0.15, 0.2) is 0 Å². The van der Waals surface area contributed by atoms with Crippen LogP contribution in [0.15, 0.2) is 36.4 Å². The van der Waals surface area contributed by atoms with Crippen molar-refractivity contribution in [3.8, 4) is 5.75 Å². The van der Waals surface area contributed by atoms with Crippen LogP contribution < -0.4 is 15.8 Å². The molecule has 0 radical (unpaired) electrons. The second-order valence-electron chi connectivity index (χ2n) is 11.9. The Bertz CT molecular complexity index is 1390. The Kier molecular flexibility index (Phi) is 5.38. The van der Waals surface area contributed by atoms with Gasteiger partial charge in [0.2, 0.25) is 0 Å². The smallest absolute Gasteiger partial charge is 0.337 e. The number of carbonyl (C=O) groups excluding carboxylic acids is 3. The van der Waals surface area contributed by atoms with Gasteiger partial charge in [-0.2, -0.15) is 0 Å². The fourth-order valence-corrected chi connectivity index (χ4v) is 7.96. The molecular formula is C30H33N3O6. The van der Waals surface area contributed by atoms with Crippen molar-refractivity contribution >= 4 is 17.8 Å². The highest BCUT2D eigenvalue weighted by Gasteiger charge is 2.73. The zero-order chi connectivity index (χ0) is 27.1. The fraction of sp³-hybridized carbons (Fsp3) is 0.500. The summed E-state index contributed by atoms with van der Waals surface area (Å²) in [6.45, 7) is 1.83. The molecule has 39 heavy (non-hydrogen) atoms. The molecule has 2 saturated carbocycles. The predicted octanol–water partition coefficient (Wildman–Crippen LogP) is 1.93. The lowest BCUT2D eigenvalue weighted by Crippen LogP contribution is -2.78. The van der Waals surface area contributed by atoms with Crippen molar-refractivity contribution in [2.24, 2.45) is 11.7 Å². The average Bonchev–Trinajstić information content (AvgIpc) is 3.68. The van der Waals surface area contributed by atoms with Crippen LogP contribution in [0.1, 0.15) is 74.3 Å². The maximum Gasteiger partial charge on any atom is 0.337 e. The second-order valence-corrected chi connectivity index (χ2v) is 11.9. The Balaban J connectivity index is 1.26. The third-order valence-corrected chi connectivity index (χ3v) is 9.93.